The van der Waals surface area contributed by atoms with Gasteiger partial charge in [0.15, 0.2) is 0 Å². The molecule has 84 valence electrons. The zero-order valence-corrected chi connectivity index (χ0v) is 10.3. The highest BCUT2D eigenvalue weighted by Gasteiger charge is 2.34. The van der Waals surface area contributed by atoms with Gasteiger partial charge in [-0.3, -0.25) is 0 Å². The monoisotopic (exact) mass is 225 g/mol. The SMILES string of the molecule is CC(C)N1CCC(N)(c2nccs2)CC1. The van der Waals surface area contributed by atoms with E-state index in [0.29, 0.717) is 6.04 Å². The molecule has 2 rings (SSSR count). The van der Waals surface area contributed by atoms with Crippen LogP contribution >= 0.6 is 11.3 Å². The van der Waals surface area contributed by atoms with Crippen LogP contribution in [-0.4, -0.2) is 29.0 Å². The van der Waals surface area contributed by atoms with Crippen LogP contribution in [0.3, 0.4) is 0 Å². The summed E-state index contributed by atoms with van der Waals surface area (Å²) in [6, 6.07) is 0.630. The summed E-state index contributed by atoms with van der Waals surface area (Å²) in [6.45, 7) is 6.67. The molecule has 1 aliphatic rings. The Hall–Kier alpha value is -0.450. The van der Waals surface area contributed by atoms with Gasteiger partial charge in [0, 0.05) is 30.7 Å². The molecular weight excluding hydrogens is 206 g/mol. The van der Waals surface area contributed by atoms with Crippen molar-refractivity contribution in [1.29, 1.82) is 0 Å². The van der Waals surface area contributed by atoms with Crippen molar-refractivity contribution in [2.75, 3.05) is 13.1 Å². The normalized spacial score (nSPS) is 22.1. The molecule has 15 heavy (non-hydrogen) atoms. The summed E-state index contributed by atoms with van der Waals surface area (Å²) in [5.74, 6) is 0. The van der Waals surface area contributed by atoms with Crippen molar-refractivity contribution in [2.45, 2.75) is 38.3 Å². The third kappa shape index (κ3) is 2.22. The molecule has 3 nitrogen and oxygen atoms in total. The summed E-state index contributed by atoms with van der Waals surface area (Å²) in [6.07, 6.45) is 3.90. The summed E-state index contributed by atoms with van der Waals surface area (Å²) < 4.78 is 0. The second-order valence-corrected chi connectivity index (χ2v) is 5.52. The third-order valence-electron chi connectivity index (χ3n) is 3.28. The van der Waals surface area contributed by atoms with Crippen LogP contribution in [0.15, 0.2) is 11.6 Å². The van der Waals surface area contributed by atoms with Gasteiger partial charge in [0.05, 0.1) is 5.54 Å². The van der Waals surface area contributed by atoms with E-state index in [1.54, 1.807) is 11.3 Å². The third-order valence-corrected chi connectivity index (χ3v) is 4.27. The molecule has 0 saturated carbocycles. The van der Waals surface area contributed by atoms with Gasteiger partial charge in [-0.05, 0) is 26.7 Å². The molecule has 1 saturated heterocycles. The van der Waals surface area contributed by atoms with Crippen molar-refractivity contribution in [3.05, 3.63) is 16.6 Å². The highest BCUT2D eigenvalue weighted by molar-refractivity contribution is 7.09. The minimum Gasteiger partial charge on any atom is -0.319 e. The molecular formula is C11H19N3S. The first-order valence-corrected chi connectivity index (χ1v) is 6.43. The fourth-order valence-electron chi connectivity index (χ4n) is 2.12. The van der Waals surface area contributed by atoms with Gasteiger partial charge in [-0.2, -0.15) is 0 Å². The smallest absolute Gasteiger partial charge is 0.113 e. The van der Waals surface area contributed by atoms with E-state index >= 15 is 0 Å². The molecule has 1 aromatic rings. The number of nitrogens with two attached hydrogens (primary N) is 1. The minimum absolute atomic E-state index is 0.167. The van der Waals surface area contributed by atoms with Gasteiger partial charge in [0.2, 0.25) is 0 Å². The summed E-state index contributed by atoms with van der Waals surface area (Å²) in [7, 11) is 0. The van der Waals surface area contributed by atoms with Crippen LogP contribution in [0.2, 0.25) is 0 Å². The van der Waals surface area contributed by atoms with E-state index in [1.165, 1.54) is 0 Å². The van der Waals surface area contributed by atoms with Crippen LogP contribution in [-0.2, 0) is 5.54 Å². The zero-order valence-electron chi connectivity index (χ0n) is 9.44. The first-order chi connectivity index (χ1) is 7.12. The molecule has 2 heterocycles. The fourth-order valence-corrected chi connectivity index (χ4v) is 2.93. The van der Waals surface area contributed by atoms with E-state index in [4.69, 9.17) is 5.73 Å². The molecule has 0 bridgehead atoms. The Bertz CT molecular complexity index is 300. The number of piperidine rings is 1. The maximum Gasteiger partial charge on any atom is 0.113 e. The molecule has 1 aromatic heterocycles. The van der Waals surface area contributed by atoms with Gasteiger partial charge in [-0.15, -0.1) is 11.3 Å². The van der Waals surface area contributed by atoms with Gasteiger partial charge in [0.1, 0.15) is 5.01 Å². The highest BCUT2D eigenvalue weighted by atomic mass is 32.1. The van der Waals surface area contributed by atoms with E-state index < -0.39 is 0 Å². The highest BCUT2D eigenvalue weighted by Crippen LogP contribution is 2.31. The Labute approximate surface area is 95.3 Å². The van der Waals surface area contributed by atoms with E-state index in [-0.39, 0.29) is 5.54 Å². The van der Waals surface area contributed by atoms with Crippen LogP contribution in [0, 0.1) is 0 Å². The lowest BCUT2D eigenvalue weighted by Crippen LogP contribution is -2.49. The quantitative estimate of drug-likeness (QED) is 0.834. The summed E-state index contributed by atoms with van der Waals surface area (Å²) >= 11 is 1.68. The van der Waals surface area contributed by atoms with Crippen LogP contribution in [0.5, 0.6) is 0 Å². The molecule has 1 aliphatic heterocycles. The predicted octanol–water partition coefficient (Wildman–Crippen LogP) is 1.80. The van der Waals surface area contributed by atoms with Gasteiger partial charge in [-0.25, -0.2) is 4.98 Å². The number of rotatable bonds is 2. The van der Waals surface area contributed by atoms with E-state index in [0.717, 1.165) is 30.9 Å². The average Bonchev–Trinajstić information content (AvgIpc) is 2.71. The molecule has 0 radical (unpaired) electrons. The Morgan fingerprint density at radius 2 is 2.13 bits per heavy atom. The summed E-state index contributed by atoms with van der Waals surface area (Å²) in [5, 5.41) is 3.12. The lowest BCUT2D eigenvalue weighted by Gasteiger charge is -2.39. The fraction of sp³-hybridized carbons (Fsp3) is 0.727. The van der Waals surface area contributed by atoms with Gasteiger partial charge in [-0.1, -0.05) is 0 Å². The van der Waals surface area contributed by atoms with Crippen molar-refractivity contribution >= 4 is 11.3 Å². The average molecular weight is 225 g/mol. The predicted molar refractivity (Wildman–Crippen MR) is 63.9 cm³/mol. The van der Waals surface area contributed by atoms with E-state index in [2.05, 4.69) is 23.7 Å². The molecule has 0 spiro atoms. The number of aromatic nitrogens is 1. The lowest BCUT2D eigenvalue weighted by atomic mass is 9.89. The Balaban J connectivity index is 2.03. The number of thiazole rings is 1. The Morgan fingerprint density at radius 1 is 1.47 bits per heavy atom. The number of likely N-dealkylation sites (tertiary alicyclic amines) is 1. The molecule has 4 heteroatoms. The van der Waals surface area contributed by atoms with Gasteiger partial charge < -0.3 is 10.6 Å². The number of hydrogen-bond acceptors (Lipinski definition) is 4. The van der Waals surface area contributed by atoms with Crippen molar-refractivity contribution < 1.29 is 0 Å². The molecule has 2 N–H and O–H groups in total. The van der Waals surface area contributed by atoms with Crippen molar-refractivity contribution in [3.63, 3.8) is 0 Å². The Kier molecular flexibility index (Phi) is 3.09. The zero-order chi connectivity index (χ0) is 10.9. The minimum atomic E-state index is -0.167. The standard InChI is InChI=1S/C11H19N3S/c1-9(2)14-6-3-11(12,4-7-14)10-13-5-8-15-10/h5,8-9H,3-4,6-7,12H2,1-2H3. The maximum atomic E-state index is 6.41. The molecule has 0 unspecified atom stereocenters. The second kappa shape index (κ2) is 4.20. The van der Waals surface area contributed by atoms with Gasteiger partial charge >= 0.3 is 0 Å². The summed E-state index contributed by atoms with van der Waals surface area (Å²) in [4.78, 5) is 6.84. The molecule has 1 fully saturated rings. The molecule has 0 aliphatic carbocycles. The van der Waals surface area contributed by atoms with Crippen molar-refractivity contribution in [1.82, 2.24) is 9.88 Å². The van der Waals surface area contributed by atoms with Gasteiger partial charge in [0.25, 0.3) is 0 Å². The number of hydrogen-bond donors (Lipinski definition) is 1. The first kappa shape index (κ1) is 11.0. The largest absolute Gasteiger partial charge is 0.319 e. The lowest BCUT2D eigenvalue weighted by molar-refractivity contribution is 0.131. The first-order valence-electron chi connectivity index (χ1n) is 5.55. The maximum absolute atomic E-state index is 6.41. The van der Waals surface area contributed by atoms with E-state index in [1.807, 2.05) is 11.6 Å². The van der Waals surface area contributed by atoms with Crippen molar-refractivity contribution in [2.24, 2.45) is 5.73 Å². The van der Waals surface area contributed by atoms with Crippen LogP contribution in [0.1, 0.15) is 31.7 Å². The molecule has 0 aromatic carbocycles. The van der Waals surface area contributed by atoms with Crippen LogP contribution in [0.25, 0.3) is 0 Å². The number of nitrogens with zero attached hydrogens (tertiary/aromatic N) is 2. The second-order valence-electron chi connectivity index (χ2n) is 4.62. The van der Waals surface area contributed by atoms with Crippen molar-refractivity contribution in [3.8, 4) is 0 Å². The summed E-state index contributed by atoms with van der Waals surface area (Å²) in [5.41, 5.74) is 6.24. The Morgan fingerprint density at radius 3 is 2.60 bits per heavy atom. The molecule has 0 atom stereocenters. The topological polar surface area (TPSA) is 42.1 Å². The van der Waals surface area contributed by atoms with Crippen LogP contribution in [0.4, 0.5) is 0 Å². The van der Waals surface area contributed by atoms with Crippen LogP contribution < -0.4 is 5.73 Å². The van der Waals surface area contributed by atoms with E-state index in [9.17, 15) is 0 Å². The molecule has 0 amide bonds.